The average molecular weight is 417 g/mol. The number of nitrogens with one attached hydrogen (secondary N) is 2. The van der Waals surface area contributed by atoms with E-state index in [4.69, 9.17) is 14.2 Å². The third-order valence-corrected chi connectivity index (χ3v) is 4.60. The number of methoxy groups -OCH3 is 3. The van der Waals surface area contributed by atoms with Crippen molar-refractivity contribution in [1.82, 2.24) is 10.7 Å². The van der Waals surface area contributed by atoms with Gasteiger partial charge in [-0.25, -0.2) is 5.43 Å². The molecule has 0 radical (unpaired) electrons. The number of ether oxygens (including phenoxy) is 3. The van der Waals surface area contributed by atoms with E-state index in [0.717, 1.165) is 10.5 Å². The second-order valence-electron chi connectivity index (χ2n) is 5.66. The normalized spacial score (nSPS) is 10.5. The van der Waals surface area contributed by atoms with Gasteiger partial charge in [0.05, 0.1) is 34.1 Å². The van der Waals surface area contributed by atoms with E-state index in [-0.39, 0.29) is 12.1 Å². The Labute approximate surface area is 173 Å². The standard InChI is InChI=1S/C20H23N3O5S/c1-26-16-9-14(10-17(27-2)19(16)28-3)20(25)21-12-18(24)23-22-11-13-5-7-15(29-4)8-6-13/h5-11H,12H2,1-4H3,(H,21,25)(H,23,24)/b22-11-. The minimum atomic E-state index is -0.462. The monoisotopic (exact) mass is 417 g/mol. The number of rotatable bonds is 9. The van der Waals surface area contributed by atoms with Crippen molar-refractivity contribution in [2.45, 2.75) is 4.90 Å². The van der Waals surface area contributed by atoms with Gasteiger partial charge in [0.15, 0.2) is 11.5 Å². The Balaban J connectivity index is 1.92. The van der Waals surface area contributed by atoms with Crippen LogP contribution < -0.4 is 25.0 Å². The molecular weight excluding hydrogens is 394 g/mol. The summed E-state index contributed by atoms with van der Waals surface area (Å²) in [6, 6.07) is 10.7. The van der Waals surface area contributed by atoms with Crippen LogP contribution in [0.2, 0.25) is 0 Å². The van der Waals surface area contributed by atoms with Crippen LogP contribution in [0.4, 0.5) is 0 Å². The van der Waals surface area contributed by atoms with Gasteiger partial charge in [-0.1, -0.05) is 12.1 Å². The topological polar surface area (TPSA) is 98.2 Å². The van der Waals surface area contributed by atoms with Crippen LogP contribution in [-0.2, 0) is 4.79 Å². The van der Waals surface area contributed by atoms with E-state index in [1.807, 2.05) is 30.5 Å². The number of hydrogen-bond donors (Lipinski definition) is 2. The van der Waals surface area contributed by atoms with Crippen molar-refractivity contribution in [2.24, 2.45) is 5.10 Å². The first-order valence-corrected chi connectivity index (χ1v) is 9.79. The molecule has 2 amide bonds. The Morgan fingerprint density at radius 3 is 2.17 bits per heavy atom. The van der Waals surface area contributed by atoms with Crippen LogP contribution in [0.25, 0.3) is 0 Å². The number of carbonyl (C=O) groups is 2. The van der Waals surface area contributed by atoms with Gasteiger partial charge in [-0.05, 0) is 36.1 Å². The highest BCUT2D eigenvalue weighted by Gasteiger charge is 2.17. The zero-order valence-electron chi connectivity index (χ0n) is 16.6. The zero-order chi connectivity index (χ0) is 21.2. The number of hydrogen-bond acceptors (Lipinski definition) is 7. The van der Waals surface area contributed by atoms with Gasteiger partial charge in [-0.2, -0.15) is 5.10 Å². The molecule has 2 aromatic rings. The van der Waals surface area contributed by atoms with Crippen molar-refractivity contribution in [3.05, 3.63) is 47.5 Å². The molecule has 0 atom stereocenters. The van der Waals surface area contributed by atoms with Crippen molar-refractivity contribution in [1.29, 1.82) is 0 Å². The summed E-state index contributed by atoms with van der Waals surface area (Å²) in [5.74, 6) is 0.153. The van der Waals surface area contributed by atoms with Crippen LogP contribution in [0, 0.1) is 0 Å². The summed E-state index contributed by atoms with van der Waals surface area (Å²) in [5.41, 5.74) is 3.49. The van der Waals surface area contributed by atoms with Gasteiger partial charge < -0.3 is 19.5 Å². The molecule has 9 heteroatoms. The quantitative estimate of drug-likeness (QED) is 0.369. The molecule has 154 valence electrons. The van der Waals surface area contributed by atoms with Gasteiger partial charge in [0, 0.05) is 10.5 Å². The molecule has 0 unspecified atom stereocenters. The van der Waals surface area contributed by atoms with Crippen molar-refractivity contribution < 1.29 is 23.8 Å². The Bertz CT molecular complexity index is 859. The highest BCUT2D eigenvalue weighted by Crippen LogP contribution is 2.38. The molecule has 0 aliphatic rings. The predicted octanol–water partition coefficient (Wildman–Crippen LogP) is 2.31. The Kier molecular flexibility index (Phi) is 8.35. The second kappa shape index (κ2) is 11.0. The van der Waals surface area contributed by atoms with Crippen LogP contribution in [0.15, 0.2) is 46.4 Å². The van der Waals surface area contributed by atoms with Gasteiger partial charge in [0.25, 0.3) is 11.8 Å². The van der Waals surface area contributed by atoms with E-state index in [1.54, 1.807) is 11.8 Å². The van der Waals surface area contributed by atoms with Crippen molar-refractivity contribution in [3.63, 3.8) is 0 Å². The number of benzene rings is 2. The molecule has 8 nitrogen and oxygen atoms in total. The molecule has 0 saturated carbocycles. The molecule has 2 N–H and O–H groups in total. The summed E-state index contributed by atoms with van der Waals surface area (Å²) in [4.78, 5) is 25.4. The van der Waals surface area contributed by atoms with Crippen LogP contribution in [0.5, 0.6) is 17.2 Å². The van der Waals surface area contributed by atoms with Crippen LogP contribution in [0.3, 0.4) is 0 Å². The van der Waals surface area contributed by atoms with E-state index in [2.05, 4.69) is 15.8 Å². The predicted molar refractivity (Wildman–Crippen MR) is 112 cm³/mol. The van der Waals surface area contributed by atoms with E-state index in [0.29, 0.717) is 17.2 Å². The van der Waals surface area contributed by atoms with E-state index in [9.17, 15) is 9.59 Å². The molecule has 0 bridgehead atoms. The molecule has 2 aromatic carbocycles. The number of thioether (sulfide) groups is 1. The van der Waals surface area contributed by atoms with E-state index >= 15 is 0 Å². The maximum absolute atomic E-state index is 12.4. The lowest BCUT2D eigenvalue weighted by Crippen LogP contribution is -2.34. The first-order chi connectivity index (χ1) is 14.0. The average Bonchev–Trinajstić information content (AvgIpc) is 2.76. The maximum Gasteiger partial charge on any atom is 0.259 e. The lowest BCUT2D eigenvalue weighted by atomic mass is 10.1. The van der Waals surface area contributed by atoms with Gasteiger partial charge in [0.1, 0.15) is 0 Å². The summed E-state index contributed by atoms with van der Waals surface area (Å²) >= 11 is 1.64. The van der Waals surface area contributed by atoms with Gasteiger partial charge in [-0.15, -0.1) is 11.8 Å². The summed E-state index contributed by atoms with van der Waals surface area (Å²) in [6.07, 6.45) is 3.53. The number of amides is 2. The largest absolute Gasteiger partial charge is 0.493 e. The zero-order valence-corrected chi connectivity index (χ0v) is 17.5. The van der Waals surface area contributed by atoms with E-state index in [1.165, 1.54) is 39.7 Å². The lowest BCUT2D eigenvalue weighted by molar-refractivity contribution is -0.120. The van der Waals surface area contributed by atoms with Gasteiger partial charge in [-0.3, -0.25) is 9.59 Å². The molecule has 0 aromatic heterocycles. The Hall–Kier alpha value is -3.20. The molecule has 0 spiro atoms. The molecule has 0 heterocycles. The third-order valence-electron chi connectivity index (χ3n) is 3.86. The fraction of sp³-hybridized carbons (Fsp3) is 0.250. The molecule has 0 aliphatic heterocycles. The van der Waals surface area contributed by atoms with Crippen molar-refractivity contribution in [2.75, 3.05) is 34.1 Å². The summed E-state index contributed by atoms with van der Waals surface area (Å²) < 4.78 is 15.7. The first kappa shape index (κ1) is 22.1. The molecule has 0 saturated heterocycles. The molecular formula is C20H23N3O5S. The summed E-state index contributed by atoms with van der Waals surface area (Å²) in [6.45, 7) is -0.238. The lowest BCUT2D eigenvalue weighted by Gasteiger charge is -2.14. The fourth-order valence-electron chi connectivity index (χ4n) is 2.38. The van der Waals surface area contributed by atoms with Gasteiger partial charge in [0.2, 0.25) is 5.75 Å². The first-order valence-electron chi connectivity index (χ1n) is 8.56. The minimum Gasteiger partial charge on any atom is -0.493 e. The summed E-state index contributed by atoms with van der Waals surface area (Å²) in [5, 5.41) is 6.41. The van der Waals surface area contributed by atoms with Crippen molar-refractivity contribution >= 4 is 29.8 Å². The minimum absolute atomic E-state index is 0.238. The fourth-order valence-corrected chi connectivity index (χ4v) is 2.79. The molecule has 0 aliphatic carbocycles. The Morgan fingerprint density at radius 2 is 1.66 bits per heavy atom. The van der Waals surface area contributed by atoms with Crippen molar-refractivity contribution in [3.8, 4) is 17.2 Å². The molecule has 0 fully saturated rings. The smallest absolute Gasteiger partial charge is 0.259 e. The SMILES string of the molecule is COc1cc(C(=O)NCC(=O)N/N=C\c2ccc(SC)cc2)cc(OC)c1OC. The maximum atomic E-state index is 12.4. The second-order valence-corrected chi connectivity index (χ2v) is 6.54. The molecule has 2 rings (SSSR count). The number of nitrogens with zero attached hydrogens (tertiary/aromatic N) is 1. The summed E-state index contributed by atoms with van der Waals surface area (Å²) in [7, 11) is 4.39. The van der Waals surface area contributed by atoms with E-state index < -0.39 is 11.8 Å². The number of carbonyl (C=O) groups excluding carboxylic acids is 2. The van der Waals surface area contributed by atoms with Crippen LogP contribution in [0.1, 0.15) is 15.9 Å². The molecule has 29 heavy (non-hydrogen) atoms. The van der Waals surface area contributed by atoms with Crippen LogP contribution >= 0.6 is 11.8 Å². The highest BCUT2D eigenvalue weighted by molar-refractivity contribution is 7.98. The highest BCUT2D eigenvalue weighted by atomic mass is 32.2. The third kappa shape index (κ3) is 6.15. The van der Waals surface area contributed by atoms with Gasteiger partial charge >= 0.3 is 0 Å². The van der Waals surface area contributed by atoms with Crippen LogP contribution in [-0.4, -0.2) is 52.2 Å². The Morgan fingerprint density at radius 1 is 1.03 bits per heavy atom. The number of hydrazone groups is 1.